The normalized spacial score (nSPS) is 13.9. The van der Waals surface area contributed by atoms with Gasteiger partial charge in [-0.05, 0) is 55.3 Å². The summed E-state index contributed by atoms with van der Waals surface area (Å²) in [6, 6.07) is 25.9. The van der Waals surface area contributed by atoms with Gasteiger partial charge in [-0.2, -0.15) is 0 Å². The first-order valence-corrected chi connectivity index (χ1v) is 11.2. The molecular weight excluding hydrogens is 418 g/mol. The minimum absolute atomic E-state index is 0.0345. The van der Waals surface area contributed by atoms with Crippen LogP contribution in [-0.4, -0.2) is 64.8 Å². The standard InChI is InChI=1S/C27H33NO5/c1-21(16-22-12-14-23(29)15-13-22)28(17-24(30)19-32-26-8-4-2-5-9-26)18-25(31)20-33-27-10-6-3-7-11-27/h2-15,21,24-25,29-31H,16-20H2,1H3/t21-,24+,25+/m1/s1. The van der Waals surface area contributed by atoms with Gasteiger partial charge in [0, 0.05) is 19.1 Å². The molecule has 0 saturated heterocycles. The summed E-state index contributed by atoms with van der Waals surface area (Å²) in [4.78, 5) is 2.05. The number of nitrogens with zero attached hydrogens (tertiary/aromatic N) is 1. The number of ether oxygens (including phenoxy) is 2. The summed E-state index contributed by atoms with van der Waals surface area (Å²) in [6.07, 6.45) is -0.747. The van der Waals surface area contributed by atoms with Crippen LogP contribution in [0, 0.1) is 0 Å². The number of phenols is 1. The molecular formula is C27H33NO5. The Morgan fingerprint density at radius 3 is 1.61 bits per heavy atom. The lowest BCUT2D eigenvalue weighted by Gasteiger charge is -2.32. The quantitative estimate of drug-likeness (QED) is 0.369. The highest BCUT2D eigenvalue weighted by atomic mass is 16.5. The van der Waals surface area contributed by atoms with Crippen molar-refractivity contribution >= 4 is 0 Å². The lowest BCUT2D eigenvalue weighted by atomic mass is 10.0. The van der Waals surface area contributed by atoms with Crippen LogP contribution in [0.25, 0.3) is 0 Å². The topological polar surface area (TPSA) is 82.4 Å². The van der Waals surface area contributed by atoms with E-state index in [4.69, 9.17) is 9.47 Å². The number of phenolic OH excluding ortho intramolecular Hbond substituents is 1. The highest BCUT2D eigenvalue weighted by Gasteiger charge is 2.22. The number of hydrogen-bond acceptors (Lipinski definition) is 6. The largest absolute Gasteiger partial charge is 0.508 e. The van der Waals surface area contributed by atoms with Crippen LogP contribution >= 0.6 is 0 Å². The van der Waals surface area contributed by atoms with Crippen molar-refractivity contribution in [3.8, 4) is 17.2 Å². The number of para-hydroxylation sites is 2. The van der Waals surface area contributed by atoms with Gasteiger partial charge in [0.25, 0.3) is 0 Å². The Morgan fingerprint density at radius 1 is 0.697 bits per heavy atom. The molecule has 3 atom stereocenters. The van der Waals surface area contributed by atoms with E-state index in [2.05, 4.69) is 6.92 Å². The van der Waals surface area contributed by atoms with Crippen molar-refractivity contribution in [1.29, 1.82) is 0 Å². The van der Waals surface area contributed by atoms with E-state index < -0.39 is 12.2 Å². The van der Waals surface area contributed by atoms with Crippen molar-refractivity contribution in [3.05, 3.63) is 90.5 Å². The van der Waals surface area contributed by atoms with Crippen LogP contribution in [-0.2, 0) is 6.42 Å². The molecule has 0 saturated carbocycles. The van der Waals surface area contributed by atoms with Gasteiger partial charge >= 0.3 is 0 Å². The molecule has 176 valence electrons. The molecule has 0 amide bonds. The maximum absolute atomic E-state index is 10.6. The zero-order valence-corrected chi connectivity index (χ0v) is 19.0. The van der Waals surface area contributed by atoms with Gasteiger partial charge in [0.05, 0.1) is 0 Å². The lowest BCUT2D eigenvalue weighted by Crippen LogP contribution is -2.46. The Hall–Kier alpha value is -3.06. The summed E-state index contributed by atoms with van der Waals surface area (Å²) in [5.41, 5.74) is 1.07. The van der Waals surface area contributed by atoms with Crippen molar-refractivity contribution in [2.24, 2.45) is 0 Å². The van der Waals surface area contributed by atoms with Crippen LogP contribution in [0.1, 0.15) is 12.5 Å². The minimum atomic E-state index is -0.727. The molecule has 0 bridgehead atoms. The summed E-state index contributed by atoms with van der Waals surface area (Å²) < 4.78 is 11.4. The van der Waals surface area contributed by atoms with Gasteiger partial charge < -0.3 is 24.8 Å². The predicted molar refractivity (Wildman–Crippen MR) is 129 cm³/mol. The Kier molecular flexibility index (Phi) is 9.57. The minimum Gasteiger partial charge on any atom is -0.508 e. The zero-order valence-electron chi connectivity index (χ0n) is 19.0. The van der Waals surface area contributed by atoms with E-state index in [9.17, 15) is 15.3 Å². The molecule has 0 aliphatic heterocycles. The number of aliphatic hydroxyl groups excluding tert-OH is 2. The molecule has 3 aromatic carbocycles. The third-order valence-electron chi connectivity index (χ3n) is 5.35. The van der Waals surface area contributed by atoms with Gasteiger partial charge in [-0.3, -0.25) is 4.90 Å². The number of benzene rings is 3. The first-order chi connectivity index (χ1) is 16.0. The average molecular weight is 452 g/mol. The third-order valence-corrected chi connectivity index (χ3v) is 5.35. The van der Waals surface area contributed by atoms with E-state index in [0.717, 1.165) is 5.56 Å². The second kappa shape index (κ2) is 12.8. The second-order valence-corrected chi connectivity index (χ2v) is 8.23. The molecule has 0 radical (unpaired) electrons. The van der Waals surface area contributed by atoms with Crippen molar-refractivity contribution in [1.82, 2.24) is 4.90 Å². The molecule has 0 aliphatic carbocycles. The number of aliphatic hydroxyl groups is 2. The van der Waals surface area contributed by atoms with Gasteiger partial charge in [-0.25, -0.2) is 0 Å². The van der Waals surface area contributed by atoms with Gasteiger partial charge in [-0.1, -0.05) is 48.5 Å². The fourth-order valence-corrected chi connectivity index (χ4v) is 3.60. The van der Waals surface area contributed by atoms with E-state index in [1.54, 1.807) is 12.1 Å². The van der Waals surface area contributed by atoms with Crippen molar-refractivity contribution in [3.63, 3.8) is 0 Å². The van der Waals surface area contributed by atoms with E-state index in [1.807, 2.05) is 77.7 Å². The van der Waals surface area contributed by atoms with Crippen LogP contribution < -0.4 is 9.47 Å². The maximum Gasteiger partial charge on any atom is 0.119 e. The van der Waals surface area contributed by atoms with Crippen molar-refractivity contribution in [2.45, 2.75) is 31.6 Å². The monoisotopic (exact) mass is 451 g/mol. The summed E-state index contributed by atoms with van der Waals surface area (Å²) in [6.45, 7) is 3.05. The van der Waals surface area contributed by atoms with E-state index in [0.29, 0.717) is 31.0 Å². The Labute approximate surface area is 195 Å². The Morgan fingerprint density at radius 2 is 1.15 bits per heavy atom. The molecule has 0 fully saturated rings. The van der Waals surface area contributed by atoms with Crippen LogP contribution in [0.2, 0.25) is 0 Å². The molecule has 0 unspecified atom stereocenters. The van der Waals surface area contributed by atoms with Crippen LogP contribution in [0.15, 0.2) is 84.9 Å². The number of hydrogen-bond donors (Lipinski definition) is 3. The molecule has 3 rings (SSSR count). The zero-order chi connectivity index (χ0) is 23.5. The maximum atomic E-state index is 10.6. The number of aromatic hydroxyl groups is 1. The van der Waals surface area contributed by atoms with Crippen molar-refractivity contribution in [2.75, 3.05) is 26.3 Å². The molecule has 0 heterocycles. The third kappa shape index (κ3) is 8.77. The number of rotatable bonds is 13. The molecule has 0 spiro atoms. The molecule has 3 N–H and O–H groups in total. The fraction of sp³-hybridized carbons (Fsp3) is 0.333. The Balaban J connectivity index is 1.58. The SMILES string of the molecule is C[C@H](Cc1ccc(O)cc1)N(C[C@H](O)COc1ccccc1)C[C@H](O)COc1ccccc1. The first-order valence-electron chi connectivity index (χ1n) is 11.2. The molecule has 6 nitrogen and oxygen atoms in total. The van der Waals surface area contributed by atoms with E-state index in [1.165, 1.54) is 0 Å². The molecule has 0 aromatic heterocycles. The van der Waals surface area contributed by atoms with Crippen LogP contribution in [0.3, 0.4) is 0 Å². The molecule has 33 heavy (non-hydrogen) atoms. The van der Waals surface area contributed by atoms with Crippen LogP contribution in [0.4, 0.5) is 0 Å². The van der Waals surface area contributed by atoms with Gasteiger partial charge in [0.1, 0.15) is 42.7 Å². The summed E-state index contributed by atoms with van der Waals surface area (Å²) >= 11 is 0. The van der Waals surface area contributed by atoms with E-state index in [-0.39, 0.29) is 25.0 Å². The smallest absolute Gasteiger partial charge is 0.119 e. The summed E-state index contributed by atoms with van der Waals surface area (Å²) in [5.74, 6) is 1.64. The van der Waals surface area contributed by atoms with Crippen molar-refractivity contribution < 1.29 is 24.8 Å². The average Bonchev–Trinajstić information content (AvgIpc) is 2.84. The molecule has 3 aromatic rings. The van der Waals surface area contributed by atoms with Gasteiger partial charge in [0.2, 0.25) is 0 Å². The van der Waals surface area contributed by atoms with Gasteiger partial charge in [0.15, 0.2) is 0 Å². The predicted octanol–water partition coefficient (Wildman–Crippen LogP) is 3.51. The van der Waals surface area contributed by atoms with Gasteiger partial charge in [-0.15, -0.1) is 0 Å². The van der Waals surface area contributed by atoms with Crippen LogP contribution in [0.5, 0.6) is 17.2 Å². The summed E-state index contributed by atoms with van der Waals surface area (Å²) in [7, 11) is 0. The first kappa shape index (κ1) is 24.6. The Bertz CT molecular complexity index is 869. The highest BCUT2D eigenvalue weighted by molar-refractivity contribution is 5.26. The highest BCUT2D eigenvalue weighted by Crippen LogP contribution is 2.16. The summed E-state index contributed by atoms with van der Waals surface area (Å²) in [5, 5.41) is 30.8. The van der Waals surface area contributed by atoms with E-state index >= 15 is 0 Å². The molecule has 0 aliphatic rings. The lowest BCUT2D eigenvalue weighted by molar-refractivity contribution is 0.0167. The molecule has 6 heteroatoms. The second-order valence-electron chi connectivity index (χ2n) is 8.23. The fourth-order valence-electron chi connectivity index (χ4n) is 3.60.